The number of hydrogen-bond donors (Lipinski definition) is 3. The van der Waals surface area contributed by atoms with E-state index in [1.54, 1.807) is 43.4 Å². The van der Waals surface area contributed by atoms with Gasteiger partial charge in [0.1, 0.15) is 11.9 Å². The Kier molecular flexibility index (Phi) is 6.63. The highest BCUT2D eigenvalue weighted by molar-refractivity contribution is 6.01. The Bertz CT molecular complexity index is 1400. The van der Waals surface area contributed by atoms with Crippen molar-refractivity contribution in [1.82, 2.24) is 19.9 Å². The van der Waals surface area contributed by atoms with Gasteiger partial charge in [-0.3, -0.25) is 9.59 Å². The number of carbonyl (C=O) groups excluding carboxylic acids is 2. The number of ether oxygens (including phenoxy) is 1. The number of halogens is 1. The van der Waals surface area contributed by atoms with Crippen LogP contribution >= 0.6 is 0 Å². The summed E-state index contributed by atoms with van der Waals surface area (Å²) in [5.41, 5.74) is 2.76. The van der Waals surface area contributed by atoms with E-state index in [9.17, 15) is 9.59 Å². The fourth-order valence-electron chi connectivity index (χ4n) is 3.52. The van der Waals surface area contributed by atoms with Gasteiger partial charge in [0.15, 0.2) is 17.4 Å². The average Bonchev–Trinajstić information content (AvgIpc) is 3.22. The van der Waals surface area contributed by atoms with E-state index in [1.807, 2.05) is 13.8 Å². The summed E-state index contributed by atoms with van der Waals surface area (Å²) < 4.78 is 21.0. The molecule has 3 N–H and O–H groups in total. The number of benzene rings is 2. The first-order valence-electron chi connectivity index (χ1n) is 11.0. The van der Waals surface area contributed by atoms with E-state index in [4.69, 9.17) is 4.74 Å². The zero-order valence-corrected chi connectivity index (χ0v) is 19.8. The van der Waals surface area contributed by atoms with Gasteiger partial charge >= 0.3 is 0 Å². The molecule has 0 unspecified atom stereocenters. The molecule has 35 heavy (non-hydrogen) atoms. The maximum absolute atomic E-state index is 15.2. The second-order valence-electron chi connectivity index (χ2n) is 8.00. The second kappa shape index (κ2) is 9.80. The second-order valence-corrected chi connectivity index (χ2v) is 8.00. The summed E-state index contributed by atoms with van der Waals surface area (Å²) in [6, 6.07) is 11.8. The molecule has 0 spiro atoms. The third-order valence-electron chi connectivity index (χ3n) is 5.36. The van der Waals surface area contributed by atoms with Crippen LogP contribution in [-0.4, -0.2) is 45.3 Å². The van der Waals surface area contributed by atoms with Crippen LogP contribution in [0.4, 0.5) is 21.6 Å². The number of anilines is 3. The van der Waals surface area contributed by atoms with Gasteiger partial charge in [-0.15, -0.1) is 0 Å². The highest BCUT2D eigenvalue weighted by Crippen LogP contribution is 2.34. The minimum absolute atomic E-state index is 0.0611. The summed E-state index contributed by atoms with van der Waals surface area (Å²) in [4.78, 5) is 37.5. The molecule has 0 atom stereocenters. The first-order valence-corrected chi connectivity index (χ1v) is 11.0. The Morgan fingerprint density at radius 1 is 1.11 bits per heavy atom. The third-order valence-corrected chi connectivity index (χ3v) is 5.36. The maximum Gasteiger partial charge on any atom is 0.262 e. The summed E-state index contributed by atoms with van der Waals surface area (Å²) in [7, 11) is 1.64. The molecule has 0 aliphatic carbocycles. The fourth-order valence-corrected chi connectivity index (χ4v) is 3.52. The number of carbonyl (C=O) groups is 2. The van der Waals surface area contributed by atoms with Crippen LogP contribution in [0, 0.1) is 12.7 Å². The van der Waals surface area contributed by atoms with Crippen LogP contribution in [0.3, 0.4) is 0 Å². The molecule has 0 aliphatic rings. The van der Waals surface area contributed by atoms with E-state index in [-0.39, 0.29) is 34.8 Å². The van der Waals surface area contributed by atoms with Crippen molar-refractivity contribution in [3.05, 3.63) is 65.9 Å². The molecule has 4 rings (SSSR count). The number of nitrogens with zero attached hydrogens (tertiary/aromatic N) is 3. The molecule has 2 aromatic heterocycles. The quantitative estimate of drug-likeness (QED) is 0.346. The van der Waals surface area contributed by atoms with Gasteiger partial charge in [0.2, 0.25) is 11.8 Å². The van der Waals surface area contributed by atoms with Crippen LogP contribution in [0.5, 0.6) is 11.6 Å². The maximum atomic E-state index is 15.2. The fraction of sp³-hybridized carbons (Fsp3) is 0.200. The van der Waals surface area contributed by atoms with Gasteiger partial charge in [-0.25, -0.2) is 14.4 Å². The molecule has 0 aliphatic heterocycles. The van der Waals surface area contributed by atoms with Gasteiger partial charge < -0.3 is 25.3 Å². The topological polar surface area (TPSA) is 112 Å². The van der Waals surface area contributed by atoms with E-state index in [0.29, 0.717) is 28.8 Å². The summed E-state index contributed by atoms with van der Waals surface area (Å²) >= 11 is 0. The number of aromatic amines is 1. The molecule has 2 aromatic carbocycles. The van der Waals surface area contributed by atoms with Crippen LogP contribution in [0.1, 0.15) is 29.9 Å². The standard InChI is InChI=1S/C25H25FN6O3/c1-5-32(4)25(34)21-23(31-17-8-6-16(7-9-17)30-15(3)33)27-13-28-24(21)35-20-11-10-19-18(22(20)26)12-14(2)29-19/h6-13,29H,5H2,1-4H3,(H,30,33)(H,27,28,31). The lowest BCUT2D eigenvalue weighted by atomic mass is 10.2. The van der Waals surface area contributed by atoms with Gasteiger partial charge in [-0.05, 0) is 56.3 Å². The number of amides is 2. The highest BCUT2D eigenvalue weighted by atomic mass is 19.1. The molecule has 0 fully saturated rings. The first-order chi connectivity index (χ1) is 16.8. The molecular formula is C25H25FN6O3. The van der Waals surface area contributed by atoms with E-state index < -0.39 is 5.82 Å². The zero-order chi connectivity index (χ0) is 25.1. The average molecular weight is 477 g/mol. The Balaban J connectivity index is 1.72. The van der Waals surface area contributed by atoms with Crippen LogP contribution in [0.15, 0.2) is 48.8 Å². The third kappa shape index (κ3) is 5.06. The molecule has 180 valence electrons. The number of nitrogens with one attached hydrogen (secondary N) is 3. The van der Waals surface area contributed by atoms with Crippen LogP contribution in [-0.2, 0) is 4.79 Å². The number of hydrogen-bond acceptors (Lipinski definition) is 6. The minimum Gasteiger partial charge on any atom is -0.435 e. The van der Waals surface area contributed by atoms with Crippen molar-refractivity contribution in [2.24, 2.45) is 0 Å². The monoisotopic (exact) mass is 476 g/mol. The molecule has 4 aromatic rings. The molecule has 2 amide bonds. The Morgan fingerprint density at radius 3 is 2.51 bits per heavy atom. The Morgan fingerprint density at radius 2 is 1.83 bits per heavy atom. The summed E-state index contributed by atoms with van der Waals surface area (Å²) in [5.74, 6) is -1.07. The van der Waals surface area contributed by atoms with Crippen molar-refractivity contribution in [3.63, 3.8) is 0 Å². The van der Waals surface area contributed by atoms with Crippen LogP contribution in [0.25, 0.3) is 10.9 Å². The number of aryl methyl sites for hydroxylation is 1. The van der Waals surface area contributed by atoms with Crippen molar-refractivity contribution in [2.45, 2.75) is 20.8 Å². The predicted octanol–water partition coefficient (Wildman–Crippen LogP) is 4.99. The van der Waals surface area contributed by atoms with E-state index in [2.05, 4.69) is 25.6 Å². The van der Waals surface area contributed by atoms with Crippen molar-refractivity contribution in [3.8, 4) is 11.6 Å². The number of H-pyrrole nitrogens is 1. The minimum atomic E-state index is -0.559. The van der Waals surface area contributed by atoms with Gasteiger partial charge in [0, 0.05) is 48.5 Å². The lowest BCUT2D eigenvalue weighted by molar-refractivity contribution is -0.114. The van der Waals surface area contributed by atoms with Gasteiger partial charge in [-0.2, -0.15) is 0 Å². The van der Waals surface area contributed by atoms with Gasteiger partial charge in [0.05, 0.1) is 0 Å². The highest BCUT2D eigenvalue weighted by Gasteiger charge is 2.25. The molecular weight excluding hydrogens is 451 g/mol. The molecule has 0 saturated heterocycles. The van der Waals surface area contributed by atoms with Gasteiger partial charge in [-0.1, -0.05) is 0 Å². The largest absolute Gasteiger partial charge is 0.435 e. The van der Waals surface area contributed by atoms with Crippen molar-refractivity contribution in [1.29, 1.82) is 0 Å². The van der Waals surface area contributed by atoms with E-state index in [0.717, 1.165) is 5.69 Å². The summed E-state index contributed by atoms with van der Waals surface area (Å²) in [5, 5.41) is 6.17. The molecule has 0 bridgehead atoms. The normalized spacial score (nSPS) is 10.8. The lowest BCUT2D eigenvalue weighted by Gasteiger charge is -2.19. The van der Waals surface area contributed by atoms with E-state index in [1.165, 1.54) is 24.2 Å². The molecule has 9 nitrogen and oxygen atoms in total. The van der Waals surface area contributed by atoms with E-state index >= 15 is 4.39 Å². The molecule has 10 heteroatoms. The lowest BCUT2D eigenvalue weighted by Crippen LogP contribution is -2.28. The summed E-state index contributed by atoms with van der Waals surface area (Å²) in [6.45, 7) is 5.52. The number of rotatable bonds is 7. The predicted molar refractivity (Wildman–Crippen MR) is 132 cm³/mol. The Hall–Kier alpha value is -4.47. The Labute approximate surface area is 201 Å². The van der Waals surface area contributed by atoms with Crippen molar-refractivity contribution >= 4 is 39.9 Å². The van der Waals surface area contributed by atoms with Gasteiger partial charge in [0.25, 0.3) is 5.91 Å². The van der Waals surface area contributed by atoms with Crippen molar-refractivity contribution in [2.75, 3.05) is 24.2 Å². The molecule has 2 heterocycles. The number of fused-ring (bicyclic) bond motifs is 1. The first kappa shape index (κ1) is 23.7. The molecule has 0 radical (unpaired) electrons. The van der Waals surface area contributed by atoms with Crippen molar-refractivity contribution < 1.29 is 18.7 Å². The number of aromatic nitrogens is 3. The smallest absolute Gasteiger partial charge is 0.262 e. The zero-order valence-electron chi connectivity index (χ0n) is 19.8. The summed E-state index contributed by atoms with van der Waals surface area (Å²) in [6.07, 6.45) is 1.24. The van der Waals surface area contributed by atoms with Crippen LogP contribution in [0.2, 0.25) is 0 Å². The molecule has 0 saturated carbocycles. The SMILES string of the molecule is CCN(C)C(=O)c1c(Nc2ccc(NC(C)=O)cc2)ncnc1Oc1ccc2[nH]c(C)cc2c1F. The van der Waals surface area contributed by atoms with Crippen LogP contribution < -0.4 is 15.4 Å².